The summed E-state index contributed by atoms with van der Waals surface area (Å²) in [6.45, 7) is 7.81. The summed E-state index contributed by atoms with van der Waals surface area (Å²) in [6, 6.07) is 6.66. The monoisotopic (exact) mass is 259 g/mol. The molecule has 2 aliphatic heterocycles. The molecule has 0 bridgehead atoms. The van der Waals surface area contributed by atoms with Crippen molar-refractivity contribution in [2.24, 2.45) is 0 Å². The molecule has 4 nitrogen and oxygen atoms in total. The number of piperazine rings is 2. The molecule has 2 aliphatic rings. The van der Waals surface area contributed by atoms with Gasteiger partial charge in [0.1, 0.15) is 6.04 Å². The Morgan fingerprint density at radius 1 is 1.26 bits per heavy atom. The lowest BCUT2D eigenvalue weighted by molar-refractivity contribution is -0.132. The molecule has 102 valence electrons. The fraction of sp³-hybridized carbons (Fsp3) is 0.533. The highest BCUT2D eigenvalue weighted by atomic mass is 16.2. The molecular formula is C15H21N3O. The van der Waals surface area contributed by atoms with E-state index in [9.17, 15) is 4.79 Å². The van der Waals surface area contributed by atoms with Gasteiger partial charge in [0.2, 0.25) is 5.91 Å². The van der Waals surface area contributed by atoms with E-state index in [0.29, 0.717) is 6.04 Å². The molecule has 0 radical (unpaired) electrons. The summed E-state index contributed by atoms with van der Waals surface area (Å²) >= 11 is 0. The smallest absolute Gasteiger partial charge is 0.242 e. The zero-order valence-corrected chi connectivity index (χ0v) is 11.6. The van der Waals surface area contributed by atoms with Gasteiger partial charge < -0.3 is 10.6 Å². The highest BCUT2D eigenvalue weighted by Crippen LogP contribution is 2.29. The third-order valence-electron chi connectivity index (χ3n) is 4.21. The van der Waals surface area contributed by atoms with Crippen molar-refractivity contribution in [3.8, 4) is 0 Å². The van der Waals surface area contributed by atoms with E-state index in [2.05, 4.69) is 47.6 Å². The van der Waals surface area contributed by atoms with E-state index in [1.807, 2.05) is 0 Å². The lowest BCUT2D eigenvalue weighted by atomic mass is 9.93. The number of nitrogens with one attached hydrogen (secondary N) is 2. The number of carbonyl (C=O) groups excluding carboxylic acids is 1. The first-order chi connectivity index (χ1) is 9.16. The van der Waals surface area contributed by atoms with Crippen LogP contribution in [0.15, 0.2) is 18.2 Å². The third kappa shape index (κ3) is 2.26. The van der Waals surface area contributed by atoms with Crippen LogP contribution in [0, 0.1) is 13.8 Å². The molecule has 2 fully saturated rings. The first-order valence-electron chi connectivity index (χ1n) is 6.98. The van der Waals surface area contributed by atoms with Crippen LogP contribution in [0.5, 0.6) is 0 Å². The van der Waals surface area contributed by atoms with Crippen molar-refractivity contribution in [2.75, 3.05) is 26.2 Å². The number of hydrogen-bond donors (Lipinski definition) is 2. The van der Waals surface area contributed by atoms with Crippen LogP contribution in [0.2, 0.25) is 0 Å². The lowest BCUT2D eigenvalue weighted by Gasteiger charge is -2.45. The summed E-state index contributed by atoms with van der Waals surface area (Å²) in [5.41, 5.74) is 3.60. The van der Waals surface area contributed by atoms with Crippen LogP contribution in [0.3, 0.4) is 0 Å². The number of amides is 1. The molecule has 2 atom stereocenters. The van der Waals surface area contributed by atoms with E-state index in [1.165, 1.54) is 11.1 Å². The highest BCUT2D eigenvalue weighted by Gasteiger charge is 2.38. The SMILES string of the molecule is Cc1ccc(C2C(=O)NCC3CNCCN32)c(C)c1. The van der Waals surface area contributed by atoms with E-state index in [-0.39, 0.29) is 11.9 Å². The van der Waals surface area contributed by atoms with E-state index in [0.717, 1.165) is 31.7 Å². The Balaban J connectivity index is 1.97. The van der Waals surface area contributed by atoms with Gasteiger partial charge in [0, 0.05) is 32.2 Å². The molecule has 1 aromatic rings. The number of benzene rings is 1. The van der Waals surface area contributed by atoms with Crippen molar-refractivity contribution < 1.29 is 4.79 Å². The largest absolute Gasteiger partial charge is 0.353 e. The number of hydrogen-bond acceptors (Lipinski definition) is 3. The molecule has 2 heterocycles. The van der Waals surface area contributed by atoms with Gasteiger partial charge in [-0.2, -0.15) is 0 Å². The van der Waals surface area contributed by atoms with E-state index >= 15 is 0 Å². The second-order valence-electron chi connectivity index (χ2n) is 5.60. The third-order valence-corrected chi connectivity index (χ3v) is 4.21. The molecule has 19 heavy (non-hydrogen) atoms. The maximum Gasteiger partial charge on any atom is 0.242 e. The molecule has 3 rings (SSSR count). The van der Waals surface area contributed by atoms with Crippen molar-refractivity contribution in [2.45, 2.75) is 25.9 Å². The van der Waals surface area contributed by atoms with Gasteiger partial charge in [0.05, 0.1) is 0 Å². The number of aryl methyl sites for hydroxylation is 2. The van der Waals surface area contributed by atoms with Gasteiger partial charge >= 0.3 is 0 Å². The quantitative estimate of drug-likeness (QED) is 0.782. The fourth-order valence-electron chi connectivity index (χ4n) is 3.22. The Morgan fingerprint density at radius 2 is 2.11 bits per heavy atom. The normalized spacial score (nSPS) is 27.8. The predicted octanol–water partition coefficient (Wildman–Crippen LogP) is 0.748. The average Bonchev–Trinajstić information content (AvgIpc) is 2.40. The molecule has 0 aromatic heterocycles. The van der Waals surface area contributed by atoms with Crippen molar-refractivity contribution in [1.29, 1.82) is 0 Å². The summed E-state index contributed by atoms with van der Waals surface area (Å²) in [6.07, 6.45) is 0. The Morgan fingerprint density at radius 3 is 2.89 bits per heavy atom. The van der Waals surface area contributed by atoms with E-state index < -0.39 is 0 Å². The van der Waals surface area contributed by atoms with Crippen molar-refractivity contribution in [3.63, 3.8) is 0 Å². The summed E-state index contributed by atoms with van der Waals surface area (Å²) in [7, 11) is 0. The minimum absolute atomic E-state index is 0.124. The minimum atomic E-state index is -0.124. The molecule has 0 aliphatic carbocycles. The molecule has 2 N–H and O–H groups in total. The van der Waals surface area contributed by atoms with Crippen LogP contribution >= 0.6 is 0 Å². The van der Waals surface area contributed by atoms with Crippen molar-refractivity contribution in [3.05, 3.63) is 34.9 Å². The summed E-state index contributed by atoms with van der Waals surface area (Å²) in [5.74, 6) is 0.144. The van der Waals surface area contributed by atoms with Crippen LogP contribution in [0.1, 0.15) is 22.7 Å². The predicted molar refractivity (Wildman–Crippen MR) is 75.0 cm³/mol. The topological polar surface area (TPSA) is 44.4 Å². The van der Waals surface area contributed by atoms with Crippen LogP contribution in [0.25, 0.3) is 0 Å². The summed E-state index contributed by atoms with van der Waals surface area (Å²) in [4.78, 5) is 14.7. The van der Waals surface area contributed by atoms with Gasteiger partial charge in [-0.25, -0.2) is 0 Å². The molecule has 2 saturated heterocycles. The van der Waals surface area contributed by atoms with Crippen molar-refractivity contribution in [1.82, 2.24) is 15.5 Å². The average molecular weight is 259 g/mol. The maximum atomic E-state index is 12.3. The van der Waals surface area contributed by atoms with E-state index in [4.69, 9.17) is 0 Å². The van der Waals surface area contributed by atoms with Gasteiger partial charge in [-0.15, -0.1) is 0 Å². The Kier molecular flexibility index (Phi) is 3.29. The highest BCUT2D eigenvalue weighted by molar-refractivity contribution is 5.84. The number of nitrogens with zero attached hydrogens (tertiary/aromatic N) is 1. The standard InChI is InChI=1S/C15H21N3O/c1-10-3-4-13(11(2)7-10)14-15(19)17-9-12-8-16-5-6-18(12)14/h3-4,7,12,14,16H,5-6,8-9H2,1-2H3,(H,17,19). The summed E-state index contributed by atoms with van der Waals surface area (Å²) < 4.78 is 0. The fourth-order valence-corrected chi connectivity index (χ4v) is 3.22. The molecule has 0 spiro atoms. The number of rotatable bonds is 1. The molecule has 1 amide bonds. The number of carbonyl (C=O) groups is 1. The molecule has 1 aromatic carbocycles. The van der Waals surface area contributed by atoms with Crippen molar-refractivity contribution >= 4 is 5.91 Å². The zero-order valence-electron chi connectivity index (χ0n) is 11.6. The van der Waals surface area contributed by atoms with Gasteiger partial charge in [-0.1, -0.05) is 23.8 Å². The summed E-state index contributed by atoms with van der Waals surface area (Å²) in [5, 5.41) is 6.45. The molecule has 4 heteroatoms. The van der Waals surface area contributed by atoms with E-state index in [1.54, 1.807) is 0 Å². The van der Waals surface area contributed by atoms with Crippen LogP contribution in [0.4, 0.5) is 0 Å². The van der Waals surface area contributed by atoms with Gasteiger partial charge in [0.25, 0.3) is 0 Å². The Labute approximate surface area is 114 Å². The van der Waals surface area contributed by atoms with Gasteiger partial charge in [0.15, 0.2) is 0 Å². The first-order valence-corrected chi connectivity index (χ1v) is 6.98. The Hall–Kier alpha value is -1.39. The zero-order chi connectivity index (χ0) is 13.4. The maximum absolute atomic E-state index is 12.3. The molecular weight excluding hydrogens is 238 g/mol. The Bertz CT molecular complexity index is 500. The molecule has 0 saturated carbocycles. The second kappa shape index (κ2) is 4.94. The van der Waals surface area contributed by atoms with Crippen LogP contribution in [-0.2, 0) is 4.79 Å². The van der Waals surface area contributed by atoms with Crippen LogP contribution < -0.4 is 10.6 Å². The van der Waals surface area contributed by atoms with Crippen LogP contribution in [-0.4, -0.2) is 43.0 Å². The number of fused-ring (bicyclic) bond motifs is 1. The van der Waals surface area contributed by atoms with Gasteiger partial charge in [-0.05, 0) is 25.0 Å². The lowest BCUT2D eigenvalue weighted by Crippen LogP contribution is -2.63. The first kappa shape index (κ1) is 12.6. The molecule has 2 unspecified atom stereocenters. The minimum Gasteiger partial charge on any atom is -0.353 e. The second-order valence-corrected chi connectivity index (χ2v) is 5.60. The van der Waals surface area contributed by atoms with Gasteiger partial charge in [-0.3, -0.25) is 9.69 Å².